The number of amides is 10. The number of aliphatic hydroxyl groups excluding tert-OH is 1. The number of phenols is 1. The minimum absolute atomic E-state index is 0.0106. The number of carbonyl (C=O) groups excluding carboxylic acids is 10. The summed E-state index contributed by atoms with van der Waals surface area (Å²) in [7, 11) is 2.55. The molecular weight excluding hydrogens is 961 g/mol. The Morgan fingerprint density at radius 1 is 0.817 bits per heavy atom. The molecule has 9 atom stereocenters. The second kappa shape index (κ2) is 27.3. The summed E-state index contributed by atoms with van der Waals surface area (Å²) < 4.78 is -0.709. The van der Waals surface area contributed by atoms with Crippen LogP contribution in [0.4, 0.5) is 0 Å². The minimum atomic E-state index is -1.75. The number of phenolic OH excluding ortho intramolecular Hbond substituents is 1. The predicted octanol–water partition coefficient (Wildman–Crippen LogP) is -0.728. The first-order valence-electron chi connectivity index (χ1n) is 24.3. The van der Waals surface area contributed by atoms with E-state index in [0.717, 1.165) is 19.3 Å². The lowest BCUT2D eigenvalue weighted by molar-refractivity contribution is -0.142. The summed E-state index contributed by atoms with van der Waals surface area (Å²) in [4.78, 5) is 138. The van der Waals surface area contributed by atoms with Gasteiger partial charge in [-0.15, -0.1) is 0 Å². The molecule has 1 unspecified atom stereocenters. The van der Waals surface area contributed by atoms with Crippen LogP contribution < -0.4 is 48.7 Å². The van der Waals surface area contributed by atoms with Gasteiger partial charge in [-0.1, -0.05) is 87.1 Å². The molecule has 0 radical (unpaired) electrons. The standard InChI is InChI=1S/C47H72N10O12S2/c1-6-26(4)38-44(67)56-39(27(5)58)45(68)53-32(21-35(48)60)41(64)54-33(46(69)57-18-10-11-34(57)43(66)52-30(19-25(2)3)40(63)50-23-36(49)61)24-70-71-47(16-8-7-9-17-47)22-37(62)51-31(42(65)55-38)20-28-12-14-29(59)15-13-28/h12-15,25-27,30-34,38-39,58-59H,6-11,16-24H2,1-5H3,(H2,48,60)(H2,49,61)(H,50,63)(H,51,62)(H,52,66)(H,53,68)(H,54,64)(H,55,65)(H,56,67)/t26-,27+,30-,31-,32-,33-,34-,38?,39-/m0/s1. The van der Waals surface area contributed by atoms with Gasteiger partial charge in [0.2, 0.25) is 59.1 Å². The van der Waals surface area contributed by atoms with Gasteiger partial charge in [-0.25, -0.2) is 0 Å². The average Bonchev–Trinajstić information content (AvgIpc) is 3.81. The number of aromatic hydroxyl groups is 1. The summed E-state index contributed by atoms with van der Waals surface area (Å²) in [6, 6.07) is -3.49. The molecule has 2 saturated heterocycles. The molecule has 4 rings (SSSR count). The highest BCUT2D eigenvalue weighted by atomic mass is 33.1. The van der Waals surface area contributed by atoms with Gasteiger partial charge in [0.05, 0.1) is 19.1 Å². The fourth-order valence-electron chi connectivity index (χ4n) is 8.82. The SMILES string of the molecule is CC[C@H](C)C1NC(=O)[C@H](Cc2ccc(O)cc2)NC(=O)CC2(CCCCC2)SSC[C@@H](C(=O)N2CCC[C@H]2C(=O)N[C@@H](CC(C)C)C(=O)NCC(N)=O)NC(=O)[C@H](CC(N)=O)NC(=O)[C@H]([C@@H](C)O)NC1=O. The van der Waals surface area contributed by atoms with Crippen LogP contribution in [0.1, 0.15) is 111 Å². The molecule has 1 aromatic rings. The Bertz CT molecular complexity index is 2090. The zero-order valence-corrected chi connectivity index (χ0v) is 42.7. The van der Waals surface area contributed by atoms with Crippen LogP contribution in [0.15, 0.2) is 24.3 Å². The molecule has 13 N–H and O–H groups in total. The van der Waals surface area contributed by atoms with Gasteiger partial charge < -0.3 is 63.8 Å². The number of likely N-dealkylation sites (tertiary alicyclic amines) is 1. The van der Waals surface area contributed by atoms with Crippen LogP contribution in [0, 0.1) is 11.8 Å². The fourth-order valence-corrected chi connectivity index (χ4v) is 12.2. The molecule has 1 spiro atoms. The number of nitrogens with one attached hydrogen (secondary N) is 7. The maximum Gasteiger partial charge on any atom is 0.246 e. The summed E-state index contributed by atoms with van der Waals surface area (Å²) in [5, 5.41) is 39.1. The average molecular weight is 1030 g/mol. The van der Waals surface area contributed by atoms with Crippen LogP contribution in [0.3, 0.4) is 0 Å². The maximum absolute atomic E-state index is 14.8. The van der Waals surface area contributed by atoms with Crippen molar-refractivity contribution in [1.82, 2.24) is 42.1 Å². The smallest absolute Gasteiger partial charge is 0.246 e. The zero-order chi connectivity index (χ0) is 52.6. The van der Waals surface area contributed by atoms with Crippen molar-refractivity contribution in [3.8, 4) is 5.75 Å². The molecule has 394 valence electrons. The van der Waals surface area contributed by atoms with Crippen LogP contribution in [-0.4, -0.2) is 146 Å². The molecule has 10 amide bonds. The van der Waals surface area contributed by atoms with Crippen molar-refractivity contribution in [2.24, 2.45) is 23.3 Å². The van der Waals surface area contributed by atoms with Gasteiger partial charge in [0, 0.05) is 29.9 Å². The first kappa shape index (κ1) is 58.0. The Kier molecular flexibility index (Phi) is 22.3. The van der Waals surface area contributed by atoms with Crippen LogP contribution in [0.5, 0.6) is 5.75 Å². The second-order valence-electron chi connectivity index (χ2n) is 19.2. The van der Waals surface area contributed by atoms with Crippen LogP contribution in [-0.2, 0) is 54.4 Å². The molecule has 1 aliphatic carbocycles. The van der Waals surface area contributed by atoms with E-state index in [-0.39, 0.29) is 49.6 Å². The van der Waals surface area contributed by atoms with E-state index in [4.69, 9.17) is 11.5 Å². The quantitative estimate of drug-likeness (QED) is 0.0966. The van der Waals surface area contributed by atoms with Crippen molar-refractivity contribution in [3.05, 3.63) is 29.8 Å². The van der Waals surface area contributed by atoms with Gasteiger partial charge in [0.15, 0.2) is 0 Å². The molecule has 1 aromatic carbocycles. The first-order chi connectivity index (χ1) is 33.5. The molecule has 24 heteroatoms. The lowest BCUT2D eigenvalue weighted by atomic mass is 9.85. The van der Waals surface area contributed by atoms with Crippen molar-refractivity contribution in [2.45, 2.75) is 165 Å². The van der Waals surface area contributed by atoms with E-state index in [1.807, 2.05) is 13.8 Å². The van der Waals surface area contributed by atoms with E-state index in [0.29, 0.717) is 31.2 Å². The van der Waals surface area contributed by atoms with Gasteiger partial charge in [-0.2, -0.15) is 0 Å². The third-order valence-corrected chi connectivity index (χ3v) is 16.2. The molecule has 3 aliphatic rings. The number of primary amides is 2. The predicted molar refractivity (Wildman–Crippen MR) is 265 cm³/mol. The Balaban J connectivity index is 1.75. The van der Waals surface area contributed by atoms with Gasteiger partial charge in [-0.3, -0.25) is 47.9 Å². The van der Waals surface area contributed by atoms with Gasteiger partial charge in [-0.05, 0) is 68.6 Å². The molecule has 71 heavy (non-hydrogen) atoms. The number of aliphatic hydroxyl groups is 1. The summed E-state index contributed by atoms with van der Waals surface area (Å²) in [5.74, 6) is -8.74. The highest BCUT2D eigenvalue weighted by Crippen LogP contribution is 2.48. The van der Waals surface area contributed by atoms with Crippen LogP contribution in [0.25, 0.3) is 0 Å². The molecule has 1 saturated carbocycles. The van der Waals surface area contributed by atoms with Crippen molar-refractivity contribution in [1.29, 1.82) is 0 Å². The molecule has 3 fully saturated rings. The lowest BCUT2D eigenvalue weighted by Crippen LogP contribution is -2.63. The molecule has 0 aromatic heterocycles. The number of rotatable bonds is 15. The van der Waals surface area contributed by atoms with Crippen molar-refractivity contribution < 1.29 is 58.2 Å². The third-order valence-electron chi connectivity index (χ3n) is 12.9. The Morgan fingerprint density at radius 3 is 2.06 bits per heavy atom. The molecular formula is C47H72N10O12S2. The second-order valence-corrected chi connectivity index (χ2v) is 22.0. The summed E-state index contributed by atoms with van der Waals surface area (Å²) in [5.41, 5.74) is 11.4. The molecule has 0 bridgehead atoms. The van der Waals surface area contributed by atoms with Crippen LogP contribution in [0.2, 0.25) is 0 Å². The Morgan fingerprint density at radius 2 is 1.45 bits per heavy atom. The van der Waals surface area contributed by atoms with Crippen molar-refractivity contribution in [2.75, 3.05) is 18.8 Å². The third kappa shape index (κ3) is 17.6. The fraction of sp³-hybridized carbons (Fsp3) is 0.660. The molecule has 2 aliphatic heterocycles. The summed E-state index contributed by atoms with van der Waals surface area (Å²) in [6.45, 7) is 7.97. The number of nitrogens with zero attached hydrogens (tertiary/aromatic N) is 1. The maximum atomic E-state index is 14.8. The zero-order valence-electron chi connectivity index (χ0n) is 41.1. The van der Waals surface area contributed by atoms with Gasteiger partial charge >= 0.3 is 0 Å². The van der Waals surface area contributed by atoms with Crippen LogP contribution >= 0.6 is 21.6 Å². The van der Waals surface area contributed by atoms with Crippen molar-refractivity contribution >= 4 is 80.7 Å². The summed E-state index contributed by atoms with van der Waals surface area (Å²) in [6.07, 6.45) is 2.33. The summed E-state index contributed by atoms with van der Waals surface area (Å²) >= 11 is 0. The van der Waals surface area contributed by atoms with Gasteiger partial charge in [0.1, 0.15) is 48.0 Å². The van der Waals surface area contributed by atoms with E-state index in [2.05, 4.69) is 37.2 Å². The number of nitrogens with two attached hydrogens (primary N) is 2. The number of hydrogen-bond acceptors (Lipinski definition) is 14. The minimum Gasteiger partial charge on any atom is -0.508 e. The highest BCUT2D eigenvalue weighted by Gasteiger charge is 2.43. The molecule has 2 heterocycles. The number of benzene rings is 1. The monoisotopic (exact) mass is 1030 g/mol. The Hall–Kier alpha value is -5.62. The lowest BCUT2D eigenvalue weighted by Gasteiger charge is -2.37. The number of carbonyl (C=O) groups is 10. The normalized spacial score (nSPS) is 25.3. The Labute approximate surface area is 422 Å². The topological polar surface area (TPSA) is 351 Å². The van der Waals surface area contributed by atoms with E-state index in [1.165, 1.54) is 45.5 Å². The van der Waals surface area contributed by atoms with E-state index < -0.39 is 131 Å². The van der Waals surface area contributed by atoms with Gasteiger partial charge in [0.25, 0.3) is 0 Å². The van der Waals surface area contributed by atoms with E-state index in [1.54, 1.807) is 26.0 Å². The number of hydrogen-bond donors (Lipinski definition) is 11. The van der Waals surface area contributed by atoms with E-state index >= 15 is 0 Å². The van der Waals surface area contributed by atoms with Crippen molar-refractivity contribution in [3.63, 3.8) is 0 Å². The highest BCUT2D eigenvalue weighted by molar-refractivity contribution is 8.77. The van der Waals surface area contributed by atoms with E-state index in [9.17, 15) is 58.2 Å². The molecule has 22 nitrogen and oxygen atoms in total. The first-order valence-corrected chi connectivity index (χ1v) is 26.6. The largest absolute Gasteiger partial charge is 0.508 e.